The molecule has 1 fully saturated rings. The van der Waals surface area contributed by atoms with Crippen LogP contribution in [0.4, 0.5) is 0 Å². The smallest absolute Gasteiger partial charge is 0.296 e. The number of hydrogen-bond acceptors (Lipinski definition) is 1. The monoisotopic (exact) mass is 231 g/mol. The van der Waals surface area contributed by atoms with Crippen LogP contribution in [0.15, 0.2) is 23.4 Å². The molecule has 92 valence electrons. The molecule has 3 nitrogen and oxygen atoms in total. The summed E-state index contributed by atoms with van der Waals surface area (Å²) in [5, 5.41) is 0. The van der Waals surface area contributed by atoms with Gasteiger partial charge in [-0.05, 0) is 37.3 Å². The molecule has 0 radical (unpaired) electrons. The molecule has 2 rings (SSSR count). The van der Waals surface area contributed by atoms with Gasteiger partial charge in [0.2, 0.25) is 0 Å². The van der Waals surface area contributed by atoms with Gasteiger partial charge in [0.25, 0.3) is 5.71 Å². The molecule has 0 spiro atoms. The van der Waals surface area contributed by atoms with Gasteiger partial charge in [0.1, 0.15) is 0 Å². The molecular weight excluding hydrogens is 210 g/mol. The molecule has 0 atom stereocenters. The minimum Gasteiger partial charge on any atom is -0.372 e. The number of unbranched alkanes of at least 4 members (excludes halogenated alkanes) is 1. The molecule has 0 N–H and O–H groups in total. The molecule has 1 saturated heterocycles. The normalized spacial score (nSPS) is 20.1. The molecule has 0 bridgehead atoms. The summed E-state index contributed by atoms with van der Waals surface area (Å²) in [5.41, 5.74) is 12.4. The molecule has 1 aliphatic carbocycles. The summed E-state index contributed by atoms with van der Waals surface area (Å²) in [7, 11) is 0. The quantitative estimate of drug-likeness (QED) is 0.541. The Balaban J connectivity index is 2.15. The van der Waals surface area contributed by atoms with E-state index in [1.165, 1.54) is 50.0 Å². The van der Waals surface area contributed by atoms with Crippen LogP contribution in [0.3, 0.4) is 0 Å². The van der Waals surface area contributed by atoms with Crippen LogP contribution in [0.2, 0.25) is 0 Å². The maximum atomic E-state index is 8.89. The lowest BCUT2D eigenvalue weighted by atomic mass is 9.96. The van der Waals surface area contributed by atoms with Crippen LogP contribution in [-0.4, -0.2) is 28.5 Å². The highest BCUT2D eigenvalue weighted by molar-refractivity contribution is 5.94. The molecule has 2 aliphatic rings. The molecule has 0 amide bonds. The largest absolute Gasteiger partial charge is 0.372 e. The Hall–Kier alpha value is -1.34. The van der Waals surface area contributed by atoms with E-state index in [4.69, 9.17) is 5.53 Å². The second-order valence-corrected chi connectivity index (χ2v) is 4.85. The Morgan fingerprint density at radius 1 is 1.35 bits per heavy atom. The lowest BCUT2D eigenvalue weighted by Gasteiger charge is -2.25. The van der Waals surface area contributed by atoms with Gasteiger partial charge >= 0.3 is 0 Å². The zero-order chi connectivity index (χ0) is 12.1. The van der Waals surface area contributed by atoms with Crippen LogP contribution < -0.4 is 0 Å². The first kappa shape index (κ1) is 12.1. The molecule has 0 unspecified atom stereocenters. The number of likely N-dealkylation sites (tertiary alicyclic amines) is 1. The first-order valence-electron chi connectivity index (χ1n) is 6.72. The van der Waals surface area contributed by atoms with Gasteiger partial charge in [-0.1, -0.05) is 13.3 Å². The van der Waals surface area contributed by atoms with Gasteiger partial charge in [0, 0.05) is 24.9 Å². The topological polar surface area (TPSA) is 39.6 Å². The summed E-state index contributed by atoms with van der Waals surface area (Å²) in [6, 6.07) is 0. The Kier molecular flexibility index (Phi) is 4.16. The van der Waals surface area contributed by atoms with Crippen LogP contribution in [-0.2, 0) is 0 Å². The fourth-order valence-corrected chi connectivity index (χ4v) is 2.59. The van der Waals surface area contributed by atoms with Crippen LogP contribution in [0, 0.1) is 0 Å². The Bertz CT molecular complexity index is 380. The summed E-state index contributed by atoms with van der Waals surface area (Å²) in [6.45, 7) is 4.57. The van der Waals surface area contributed by atoms with Crippen molar-refractivity contribution in [1.82, 2.24) is 4.90 Å². The van der Waals surface area contributed by atoms with Crippen molar-refractivity contribution in [3.8, 4) is 0 Å². The van der Waals surface area contributed by atoms with Crippen molar-refractivity contribution in [2.24, 2.45) is 0 Å². The van der Waals surface area contributed by atoms with Crippen LogP contribution in [0.1, 0.15) is 45.4 Å². The fourth-order valence-electron chi connectivity index (χ4n) is 2.59. The lowest BCUT2D eigenvalue weighted by Crippen LogP contribution is -2.22. The van der Waals surface area contributed by atoms with Gasteiger partial charge in [-0.2, -0.15) is 4.79 Å². The van der Waals surface area contributed by atoms with Gasteiger partial charge < -0.3 is 10.4 Å². The van der Waals surface area contributed by atoms with E-state index in [0.717, 1.165) is 18.6 Å². The van der Waals surface area contributed by atoms with E-state index in [2.05, 4.69) is 28.8 Å². The first-order valence-corrected chi connectivity index (χ1v) is 6.72. The van der Waals surface area contributed by atoms with E-state index in [0.29, 0.717) is 0 Å². The predicted octanol–water partition coefficient (Wildman–Crippen LogP) is 3.16. The lowest BCUT2D eigenvalue weighted by molar-refractivity contribution is -0.00555. The molecule has 0 aromatic carbocycles. The summed E-state index contributed by atoms with van der Waals surface area (Å²) in [6.07, 6.45) is 11.2. The van der Waals surface area contributed by atoms with Crippen molar-refractivity contribution in [3.05, 3.63) is 29.0 Å². The Labute approximate surface area is 103 Å². The van der Waals surface area contributed by atoms with E-state index in [1.807, 2.05) is 0 Å². The maximum Gasteiger partial charge on any atom is 0.296 e. The molecule has 3 heteroatoms. The molecule has 0 saturated carbocycles. The van der Waals surface area contributed by atoms with Gasteiger partial charge in [0.15, 0.2) is 0 Å². The third-order valence-electron chi connectivity index (χ3n) is 3.55. The van der Waals surface area contributed by atoms with E-state index in [9.17, 15) is 0 Å². The van der Waals surface area contributed by atoms with Crippen LogP contribution >= 0.6 is 0 Å². The third kappa shape index (κ3) is 2.86. The molecule has 1 heterocycles. The number of nitrogens with zero attached hydrogens (tertiary/aromatic N) is 3. The summed E-state index contributed by atoms with van der Waals surface area (Å²) >= 11 is 0. The molecule has 1 aliphatic heterocycles. The van der Waals surface area contributed by atoms with Crippen molar-refractivity contribution < 1.29 is 4.79 Å². The maximum absolute atomic E-state index is 8.89. The van der Waals surface area contributed by atoms with E-state index < -0.39 is 0 Å². The zero-order valence-corrected chi connectivity index (χ0v) is 10.7. The first-order chi connectivity index (χ1) is 8.35. The van der Waals surface area contributed by atoms with E-state index in [-0.39, 0.29) is 0 Å². The highest BCUT2D eigenvalue weighted by Crippen LogP contribution is 2.28. The average Bonchev–Trinajstić information content (AvgIpc) is 2.89. The zero-order valence-electron chi connectivity index (χ0n) is 10.7. The second kappa shape index (κ2) is 5.83. The number of allylic oxidation sites excluding steroid dienone is 3. The van der Waals surface area contributed by atoms with E-state index in [1.54, 1.807) is 0 Å². The molecule has 0 aromatic heterocycles. The van der Waals surface area contributed by atoms with Crippen LogP contribution in [0.5, 0.6) is 0 Å². The van der Waals surface area contributed by atoms with Crippen molar-refractivity contribution in [3.63, 3.8) is 0 Å². The minimum atomic E-state index is 0.762. The van der Waals surface area contributed by atoms with Crippen molar-refractivity contribution >= 4 is 5.71 Å². The van der Waals surface area contributed by atoms with Crippen molar-refractivity contribution in [2.75, 3.05) is 13.1 Å². The highest BCUT2D eigenvalue weighted by Gasteiger charge is 2.22. The average molecular weight is 231 g/mol. The fraction of sp³-hybridized carbons (Fsp3) is 0.643. The standard InChI is InChI=1S/C14H21N3/c1-2-3-6-12-11-13(16-15)7-8-14(12)17-9-4-5-10-17/h8,11H,2-7,9-10H2,1H3. The van der Waals surface area contributed by atoms with Crippen molar-refractivity contribution in [2.45, 2.75) is 45.4 Å². The number of rotatable bonds is 4. The van der Waals surface area contributed by atoms with Gasteiger partial charge in [-0.15, -0.1) is 0 Å². The molecule has 17 heavy (non-hydrogen) atoms. The minimum absolute atomic E-state index is 0.762. The predicted molar refractivity (Wildman–Crippen MR) is 69.7 cm³/mol. The van der Waals surface area contributed by atoms with E-state index >= 15 is 0 Å². The Morgan fingerprint density at radius 2 is 2.12 bits per heavy atom. The van der Waals surface area contributed by atoms with Crippen molar-refractivity contribution in [1.29, 1.82) is 0 Å². The Morgan fingerprint density at radius 3 is 2.76 bits per heavy atom. The summed E-state index contributed by atoms with van der Waals surface area (Å²) in [5.74, 6) is 0. The van der Waals surface area contributed by atoms with Gasteiger partial charge in [-0.25, -0.2) is 0 Å². The summed E-state index contributed by atoms with van der Waals surface area (Å²) in [4.78, 5) is 5.83. The molecular formula is C14H21N3. The summed E-state index contributed by atoms with van der Waals surface area (Å²) < 4.78 is 0. The SMILES string of the molecule is CCCCC1=CC(=[N+]=[N-])CC=C1N1CCCC1. The van der Waals surface area contributed by atoms with Crippen LogP contribution in [0.25, 0.3) is 5.53 Å². The highest BCUT2D eigenvalue weighted by atomic mass is 15.2. The third-order valence-corrected chi connectivity index (χ3v) is 3.55. The van der Waals surface area contributed by atoms with Gasteiger partial charge in [0.05, 0.1) is 6.42 Å². The number of hydrogen-bond donors (Lipinski definition) is 0. The molecule has 0 aromatic rings. The van der Waals surface area contributed by atoms with Gasteiger partial charge in [-0.3, -0.25) is 0 Å². The second-order valence-electron chi connectivity index (χ2n) is 4.85.